The molecule has 0 amide bonds. The summed E-state index contributed by atoms with van der Waals surface area (Å²) in [4.78, 5) is 20.4. The lowest BCUT2D eigenvalue weighted by molar-refractivity contribution is 0.0701. The highest BCUT2D eigenvalue weighted by Gasteiger charge is 2.18. The number of aryl methyl sites for hydroxylation is 1. The molecule has 3 aromatic rings. The quantitative estimate of drug-likeness (QED) is 0.798. The van der Waals surface area contributed by atoms with Crippen LogP contribution in [0.25, 0.3) is 21.5 Å². The van der Waals surface area contributed by atoms with Crippen LogP contribution in [0.3, 0.4) is 0 Å². The number of carboxylic acid groups (broad SMARTS) is 1. The van der Waals surface area contributed by atoms with Gasteiger partial charge in [0.1, 0.15) is 9.88 Å². The number of nitrogens with zero attached hydrogens (tertiary/aromatic N) is 2. The highest BCUT2D eigenvalue weighted by molar-refractivity contribution is 7.17. The normalized spacial score (nSPS) is 10.8. The lowest BCUT2D eigenvalue weighted by Gasteiger charge is -2.01. The maximum Gasteiger partial charge on any atom is 0.347 e. The van der Waals surface area contributed by atoms with Gasteiger partial charge in [0.05, 0.1) is 11.2 Å². The number of thiazole rings is 1. The fourth-order valence-electron chi connectivity index (χ4n) is 2.15. The summed E-state index contributed by atoms with van der Waals surface area (Å²) >= 11 is 1.21. The Morgan fingerprint density at radius 1 is 1.30 bits per heavy atom. The monoisotopic (exact) mass is 284 g/mol. The fourth-order valence-corrected chi connectivity index (χ4v) is 3.17. The molecule has 20 heavy (non-hydrogen) atoms. The third-order valence-electron chi connectivity index (χ3n) is 3.09. The van der Waals surface area contributed by atoms with Crippen molar-refractivity contribution in [1.82, 2.24) is 9.97 Å². The molecule has 2 heterocycles. The van der Waals surface area contributed by atoms with Crippen molar-refractivity contribution in [3.8, 4) is 10.6 Å². The van der Waals surface area contributed by atoms with Gasteiger partial charge in [0, 0.05) is 17.1 Å². The molecule has 0 saturated carbocycles. The van der Waals surface area contributed by atoms with Crippen LogP contribution in [-0.4, -0.2) is 21.0 Å². The van der Waals surface area contributed by atoms with Gasteiger partial charge in [-0.2, -0.15) is 0 Å². The highest BCUT2D eigenvalue weighted by atomic mass is 32.1. The first-order valence-corrected chi connectivity index (χ1v) is 7.09. The number of pyridine rings is 1. The molecular weight excluding hydrogens is 272 g/mol. The Morgan fingerprint density at radius 3 is 2.80 bits per heavy atom. The van der Waals surface area contributed by atoms with Crippen LogP contribution in [0.1, 0.15) is 22.3 Å². The standard InChI is InChI=1S/C15H12N2O2S/c1-2-11-13(15(18)19)20-14(17-11)10-7-3-5-9-6-4-8-16-12(9)10/h3-8H,2H2,1H3,(H,18,19). The van der Waals surface area contributed by atoms with E-state index in [-0.39, 0.29) is 0 Å². The third-order valence-corrected chi connectivity index (χ3v) is 4.21. The van der Waals surface area contributed by atoms with Crippen LogP contribution < -0.4 is 0 Å². The van der Waals surface area contributed by atoms with Gasteiger partial charge in [0.15, 0.2) is 0 Å². The lowest BCUT2D eigenvalue weighted by Crippen LogP contribution is -1.97. The number of benzene rings is 1. The summed E-state index contributed by atoms with van der Waals surface area (Å²) in [6.45, 7) is 1.91. The number of hydrogen-bond acceptors (Lipinski definition) is 4. The number of aromatic carboxylic acids is 1. The maximum atomic E-state index is 11.2. The first kappa shape index (κ1) is 12.7. The van der Waals surface area contributed by atoms with Crippen molar-refractivity contribution in [3.05, 3.63) is 47.1 Å². The maximum absolute atomic E-state index is 11.2. The van der Waals surface area contributed by atoms with E-state index in [1.54, 1.807) is 6.20 Å². The summed E-state index contributed by atoms with van der Waals surface area (Å²) in [7, 11) is 0. The van der Waals surface area contributed by atoms with Gasteiger partial charge in [-0.25, -0.2) is 9.78 Å². The molecule has 100 valence electrons. The van der Waals surface area contributed by atoms with E-state index in [0.29, 0.717) is 22.0 Å². The Morgan fingerprint density at radius 2 is 2.10 bits per heavy atom. The van der Waals surface area contributed by atoms with Gasteiger partial charge in [-0.05, 0) is 18.6 Å². The zero-order chi connectivity index (χ0) is 14.1. The average Bonchev–Trinajstić information content (AvgIpc) is 2.91. The largest absolute Gasteiger partial charge is 0.477 e. The molecule has 3 rings (SSSR count). The minimum Gasteiger partial charge on any atom is -0.477 e. The van der Waals surface area contributed by atoms with Gasteiger partial charge in [-0.15, -0.1) is 11.3 Å². The molecule has 2 aromatic heterocycles. The Labute approximate surface area is 119 Å². The number of aromatic nitrogens is 2. The van der Waals surface area contributed by atoms with Crippen molar-refractivity contribution < 1.29 is 9.90 Å². The molecule has 0 fully saturated rings. The van der Waals surface area contributed by atoms with Gasteiger partial charge >= 0.3 is 5.97 Å². The molecule has 0 atom stereocenters. The first-order chi connectivity index (χ1) is 9.70. The van der Waals surface area contributed by atoms with Crippen LogP contribution in [0.15, 0.2) is 36.5 Å². The topological polar surface area (TPSA) is 63.1 Å². The second-order valence-corrected chi connectivity index (χ2v) is 5.33. The highest BCUT2D eigenvalue weighted by Crippen LogP contribution is 2.32. The second-order valence-electron chi connectivity index (χ2n) is 4.33. The van der Waals surface area contributed by atoms with Crippen molar-refractivity contribution >= 4 is 28.2 Å². The van der Waals surface area contributed by atoms with Gasteiger partial charge in [-0.1, -0.05) is 25.1 Å². The van der Waals surface area contributed by atoms with Crippen molar-refractivity contribution in [2.75, 3.05) is 0 Å². The minimum atomic E-state index is -0.918. The number of para-hydroxylation sites is 1. The van der Waals surface area contributed by atoms with Crippen LogP contribution in [0, 0.1) is 0 Å². The Hall–Kier alpha value is -2.27. The van der Waals surface area contributed by atoms with Crippen LogP contribution >= 0.6 is 11.3 Å². The molecule has 0 unspecified atom stereocenters. The van der Waals surface area contributed by atoms with Crippen LogP contribution in [-0.2, 0) is 6.42 Å². The Kier molecular flexibility index (Phi) is 3.20. The van der Waals surface area contributed by atoms with Crippen molar-refractivity contribution in [2.45, 2.75) is 13.3 Å². The molecule has 0 aliphatic heterocycles. The van der Waals surface area contributed by atoms with E-state index >= 15 is 0 Å². The average molecular weight is 284 g/mol. The molecule has 0 bridgehead atoms. The molecule has 5 heteroatoms. The minimum absolute atomic E-state index is 0.315. The fraction of sp³-hybridized carbons (Fsp3) is 0.133. The first-order valence-electron chi connectivity index (χ1n) is 6.28. The summed E-state index contributed by atoms with van der Waals surface area (Å²) in [6, 6.07) is 9.72. The van der Waals surface area contributed by atoms with E-state index < -0.39 is 5.97 Å². The summed E-state index contributed by atoms with van der Waals surface area (Å²) in [5.41, 5.74) is 2.36. The Bertz CT molecular complexity index is 790. The molecule has 0 radical (unpaired) electrons. The zero-order valence-corrected chi connectivity index (χ0v) is 11.6. The smallest absolute Gasteiger partial charge is 0.347 e. The van der Waals surface area contributed by atoms with Crippen LogP contribution in [0.4, 0.5) is 0 Å². The second kappa shape index (κ2) is 5.02. The SMILES string of the molecule is CCc1nc(-c2cccc3cccnc23)sc1C(=O)O. The van der Waals surface area contributed by atoms with Crippen molar-refractivity contribution in [2.24, 2.45) is 0 Å². The van der Waals surface area contributed by atoms with Gasteiger partial charge in [-0.3, -0.25) is 4.98 Å². The number of rotatable bonds is 3. The molecule has 4 nitrogen and oxygen atoms in total. The van der Waals surface area contributed by atoms with Gasteiger partial charge in [0.2, 0.25) is 0 Å². The molecule has 0 saturated heterocycles. The predicted molar refractivity (Wildman–Crippen MR) is 79.2 cm³/mol. The van der Waals surface area contributed by atoms with E-state index in [2.05, 4.69) is 9.97 Å². The van der Waals surface area contributed by atoms with E-state index in [1.807, 2.05) is 37.3 Å². The molecule has 0 spiro atoms. The summed E-state index contributed by atoms with van der Waals surface area (Å²) in [5, 5.41) is 11.0. The van der Waals surface area contributed by atoms with Gasteiger partial charge < -0.3 is 5.11 Å². The van der Waals surface area contributed by atoms with Crippen LogP contribution in [0.2, 0.25) is 0 Å². The van der Waals surface area contributed by atoms with E-state index in [1.165, 1.54) is 11.3 Å². The number of carbonyl (C=O) groups is 1. The predicted octanol–water partition coefficient (Wildman–Crippen LogP) is 3.62. The lowest BCUT2D eigenvalue weighted by atomic mass is 10.1. The molecule has 1 N–H and O–H groups in total. The van der Waals surface area contributed by atoms with E-state index in [0.717, 1.165) is 16.5 Å². The number of hydrogen-bond donors (Lipinski definition) is 1. The summed E-state index contributed by atoms with van der Waals surface area (Å²) in [5.74, 6) is -0.918. The summed E-state index contributed by atoms with van der Waals surface area (Å²) in [6.07, 6.45) is 2.34. The third kappa shape index (κ3) is 2.06. The molecular formula is C15H12N2O2S. The Balaban J connectivity index is 2.23. The number of fused-ring (bicyclic) bond motifs is 1. The van der Waals surface area contributed by atoms with Crippen LogP contribution in [0.5, 0.6) is 0 Å². The van der Waals surface area contributed by atoms with Gasteiger partial charge in [0.25, 0.3) is 0 Å². The van der Waals surface area contributed by atoms with Crippen molar-refractivity contribution in [3.63, 3.8) is 0 Å². The molecule has 0 aliphatic carbocycles. The zero-order valence-electron chi connectivity index (χ0n) is 10.8. The molecule has 0 aliphatic rings. The van der Waals surface area contributed by atoms with E-state index in [4.69, 9.17) is 0 Å². The van der Waals surface area contributed by atoms with Crippen molar-refractivity contribution in [1.29, 1.82) is 0 Å². The molecule has 1 aromatic carbocycles. The summed E-state index contributed by atoms with van der Waals surface area (Å²) < 4.78 is 0. The van der Waals surface area contributed by atoms with E-state index in [9.17, 15) is 9.90 Å². The number of carboxylic acids is 1.